The summed E-state index contributed by atoms with van der Waals surface area (Å²) in [5, 5.41) is 19.2. The van der Waals surface area contributed by atoms with Gasteiger partial charge in [-0.3, -0.25) is 19.7 Å². The fourth-order valence-electron chi connectivity index (χ4n) is 4.77. The fourth-order valence-corrected chi connectivity index (χ4v) is 4.77. The molecule has 0 aliphatic heterocycles. The van der Waals surface area contributed by atoms with Crippen molar-refractivity contribution in [3.05, 3.63) is 98.9 Å². The number of hydrogen-bond acceptors (Lipinski definition) is 5. The Balaban J connectivity index is 1.67. The molecule has 1 N–H and O–H groups in total. The molecule has 0 saturated heterocycles. The number of rotatable bonds is 8. The van der Waals surface area contributed by atoms with Gasteiger partial charge in [0.25, 0.3) is 11.6 Å². The summed E-state index contributed by atoms with van der Waals surface area (Å²) in [5.41, 5.74) is 0.310. The first-order valence-corrected chi connectivity index (χ1v) is 12.3. The molecule has 0 bridgehead atoms. The molecule has 204 valence electrons. The number of nitrogens with zero attached hydrogens (tertiary/aromatic N) is 3. The Morgan fingerprint density at radius 3 is 2.64 bits per heavy atom. The van der Waals surface area contributed by atoms with Crippen LogP contribution in [-0.2, 0) is 25.6 Å². The number of amides is 1. The van der Waals surface area contributed by atoms with Gasteiger partial charge in [0.15, 0.2) is 5.78 Å². The third-order valence-electron chi connectivity index (χ3n) is 6.57. The van der Waals surface area contributed by atoms with Crippen LogP contribution in [0.25, 0.3) is 5.69 Å². The van der Waals surface area contributed by atoms with Crippen LogP contribution in [0.1, 0.15) is 69.9 Å². The van der Waals surface area contributed by atoms with Crippen LogP contribution >= 0.6 is 0 Å². The second-order valence-corrected chi connectivity index (χ2v) is 10.3. The van der Waals surface area contributed by atoms with Crippen molar-refractivity contribution in [1.29, 1.82) is 0 Å². The second-order valence-electron chi connectivity index (χ2n) is 10.3. The van der Waals surface area contributed by atoms with Gasteiger partial charge in [0.1, 0.15) is 5.69 Å². The summed E-state index contributed by atoms with van der Waals surface area (Å²) in [7, 11) is 0. The molecule has 2 aromatic carbocycles. The number of aryl methyl sites for hydroxylation is 1. The van der Waals surface area contributed by atoms with Crippen LogP contribution in [0.3, 0.4) is 0 Å². The Bertz CT molecular complexity index is 1470. The maximum atomic E-state index is 13.0. The maximum absolute atomic E-state index is 13.0. The van der Waals surface area contributed by atoms with Gasteiger partial charge in [0, 0.05) is 24.6 Å². The predicted molar refractivity (Wildman–Crippen MR) is 138 cm³/mol. The molecule has 0 fully saturated rings. The Morgan fingerprint density at radius 2 is 1.97 bits per heavy atom. The lowest BCUT2D eigenvalue weighted by atomic mass is 9.75. The standard InChI is InChI=1S/C28H27F3N4O4/c1-4-5-9-20-25-23(14-27(2,3)15-24(25)36)34(33-20)21-11-10-18(13-22(21)35(38)39)26(37)32-16-17-7-6-8-19(12-17)28(29,30)31/h4,6-8,10-13H,1,5,9,14-16H2,2-3H3,(H,32,37). The van der Waals surface area contributed by atoms with Crippen molar-refractivity contribution < 1.29 is 27.7 Å². The lowest BCUT2D eigenvalue weighted by Gasteiger charge is -2.29. The number of allylic oxidation sites excluding steroid dienone is 1. The SMILES string of the molecule is C=CCCc1nn(-c2ccc(C(=O)NCc3cccc(C(F)(F)F)c3)cc2[N+](=O)[O-])c2c1C(=O)CC(C)(C)C2. The molecule has 11 heteroatoms. The fraction of sp³-hybridized carbons (Fsp3) is 0.321. The smallest absolute Gasteiger partial charge is 0.348 e. The zero-order valence-electron chi connectivity index (χ0n) is 21.5. The van der Waals surface area contributed by atoms with Crippen LogP contribution in [0.5, 0.6) is 0 Å². The summed E-state index contributed by atoms with van der Waals surface area (Å²) >= 11 is 0. The Kier molecular flexibility index (Phi) is 7.45. The number of carbonyl (C=O) groups excluding carboxylic acids is 2. The van der Waals surface area contributed by atoms with E-state index in [9.17, 15) is 32.9 Å². The van der Waals surface area contributed by atoms with Crippen molar-refractivity contribution in [3.8, 4) is 5.69 Å². The first-order valence-electron chi connectivity index (χ1n) is 12.3. The summed E-state index contributed by atoms with van der Waals surface area (Å²) in [5.74, 6) is -0.757. The van der Waals surface area contributed by atoms with Gasteiger partial charge in [-0.1, -0.05) is 32.1 Å². The van der Waals surface area contributed by atoms with Crippen LogP contribution in [-0.4, -0.2) is 26.4 Å². The minimum atomic E-state index is -4.52. The number of aromatic nitrogens is 2. The molecule has 0 radical (unpaired) electrons. The molecule has 39 heavy (non-hydrogen) atoms. The van der Waals surface area contributed by atoms with E-state index in [0.29, 0.717) is 42.6 Å². The minimum Gasteiger partial charge on any atom is -0.348 e. The highest BCUT2D eigenvalue weighted by molar-refractivity contribution is 6.00. The second kappa shape index (κ2) is 10.5. The van der Waals surface area contributed by atoms with Gasteiger partial charge in [-0.2, -0.15) is 18.3 Å². The first kappa shape index (κ1) is 27.7. The van der Waals surface area contributed by atoms with E-state index < -0.39 is 28.3 Å². The highest BCUT2D eigenvalue weighted by atomic mass is 19.4. The van der Waals surface area contributed by atoms with Crippen molar-refractivity contribution in [1.82, 2.24) is 15.1 Å². The molecule has 0 unspecified atom stereocenters. The quantitative estimate of drug-likeness (QED) is 0.214. The molecular weight excluding hydrogens is 513 g/mol. The number of nitro benzene ring substituents is 1. The Hall–Kier alpha value is -4.28. The predicted octanol–water partition coefficient (Wildman–Crippen LogP) is 6.00. The molecule has 3 aromatic rings. The van der Waals surface area contributed by atoms with Crippen molar-refractivity contribution in [2.24, 2.45) is 5.41 Å². The summed E-state index contributed by atoms with van der Waals surface area (Å²) in [6.45, 7) is 7.40. The van der Waals surface area contributed by atoms with E-state index in [4.69, 9.17) is 0 Å². The lowest BCUT2D eigenvalue weighted by molar-refractivity contribution is -0.384. The van der Waals surface area contributed by atoms with Gasteiger partial charge in [0.05, 0.1) is 27.4 Å². The van der Waals surface area contributed by atoms with Crippen LogP contribution in [0.4, 0.5) is 18.9 Å². The van der Waals surface area contributed by atoms with E-state index in [-0.39, 0.29) is 34.6 Å². The molecule has 1 aliphatic carbocycles. The third-order valence-corrected chi connectivity index (χ3v) is 6.57. The highest BCUT2D eigenvalue weighted by Crippen LogP contribution is 2.39. The number of fused-ring (bicyclic) bond motifs is 1. The summed E-state index contributed by atoms with van der Waals surface area (Å²) in [6.07, 6.45) is -0.973. The van der Waals surface area contributed by atoms with Crippen molar-refractivity contribution in [2.75, 3.05) is 0 Å². The molecule has 1 heterocycles. The van der Waals surface area contributed by atoms with E-state index in [1.165, 1.54) is 28.9 Å². The molecule has 0 saturated carbocycles. The molecule has 0 spiro atoms. The largest absolute Gasteiger partial charge is 0.416 e. The van der Waals surface area contributed by atoms with Gasteiger partial charge >= 0.3 is 6.18 Å². The normalized spacial score (nSPS) is 14.5. The van der Waals surface area contributed by atoms with Crippen LogP contribution in [0.2, 0.25) is 0 Å². The molecule has 8 nitrogen and oxygen atoms in total. The molecule has 0 atom stereocenters. The number of Topliss-reactive ketones (excluding diaryl/α,β-unsaturated/α-hetero) is 1. The van der Waals surface area contributed by atoms with E-state index in [1.54, 1.807) is 6.08 Å². The molecule has 1 aliphatic rings. The third kappa shape index (κ3) is 5.92. The number of nitro groups is 1. The van der Waals surface area contributed by atoms with E-state index in [0.717, 1.165) is 18.2 Å². The molecule has 1 amide bonds. The maximum Gasteiger partial charge on any atom is 0.416 e. The zero-order chi connectivity index (χ0) is 28.5. The summed E-state index contributed by atoms with van der Waals surface area (Å²) in [6, 6.07) is 8.42. The van der Waals surface area contributed by atoms with Crippen molar-refractivity contribution in [3.63, 3.8) is 0 Å². The van der Waals surface area contributed by atoms with E-state index >= 15 is 0 Å². The minimum absolute atomic E-state index is 0.0401. The van der Waals surface area contributed by atoms with Gasteiger partial charge in [0.2, 0.25) is 0 Å². The van der Waals surface area contributed by atoms with Gasteiger partial charge < -0.3 is 5.32 Å². The van der Waals surface area contributed by atoms with Gasteiger partial charge in [-0.15, -0.1) is 6.58 Å². The van der Waals surface area contributed by atoms with Crippen LogP contribution in [0, 0.1) is 15.5 Å². The number of carbonyl (C=O) groups is 2. The van der Waals surface area contributed by atoms with Gasteiger partial charge in [-0.25, -0.2) is 4.68 Å². The van der Waals surface area contributed by atoms with Crippen LogP contribution < -0.4 is 5.32 Å². The topological polar surface area (TPSA) is 107 Å². The molecule has 4 rings (SSSR count). The Morgan fingerprint density at radius 1 is 1.23 bits per heavy atom. The average molecular weight is 541 g/mol. The lowest BCUT2D eigenvalue weighted by Crippen LogP contribution is -2.28. The summed E-state index contributed by atoms with van der Waals surface area (Å²) in [4.78, 5) is 37.2. The van der Waals surface area contributed by atoms with Gasteiger partial charge in [-0.05, 0) is 54.5 Å². The van der Waals surface area contributed by atoms with Crippen LogP contribution in [0.15, 0.2) is 55.1 Å². The zero-order valence-corrected chi connectivity index (χ0v) is 21.5. The number of alkyl halides is 3. The molecule has 1 aromatic heterocycles. The summed E-state index contributed by atoms with van der Waals surface area (Å²) < 4.78 is 40.4. The Labute approximate surface area is 222 Å². The highest BCUT2D eigenvalue weighted by Gasteiger charge is 2.37. The van der Waals surface area contributed by atoms with Crippen molar-refractivity contribution in [2.45, 2.75) is 52.3 Å². The van der Waals surface area contributed by atoms with Crippen molar-refractivity contribution >= 4 is 17.4 Å². The number of halogens is 3. The number of ketones is 1. The van der Waals surface area contributed by atoms with E-state index in [2.05, 4.69) is 17.0 Å². The monoisotopic (exact) mass is 540 g/mol. The number of nitrogens with one attached hydrogen (secondary N) is 1. The van der Waals surface area contributed by atoms with E-state index in [1.807, 2.05) is 13.8 Å². The number of benzene rings is 2. The molecular formula is C28H27F3N4O4. The number of hydrogen-bond donors (Lipinski definition) is 1. The first-order chi connectivity index (χ1) is 18.3. The average Bonchev–Trinajstić information content (AvgIpc) is 3.22.